The van der Waals surface area contributed by atoms with Crippen molar-refractivity contribution < 1.29 is 4.74 Å². The second-order valence-corrected chi connectivity index (χ2v) is 17.9. The Morgan fingerprint density at radius 3 is 1.73 bits per heavy atom. The third-order valence-electron chi connectivity index (χ3n) is 14.3. The fourth-order valence-corrected chi connectivity index (χ4v) is 11.4. The summed E-state index contributed by atoms with van der Waals surface area (Å²) in [7, 11) is 0. The normalized spacial score (nSPS) is 15.1. The molecule has 2 heterocycles. The van der Waals surface area contributed by atoms with Crippen molar-refractivity contribution in [3.05, 3.63) is 258 Å². The van der Waals surface area contributed by atoms with Crippen LogP contribution in [0.5, 0.6) is 5.75 Å². The van der Waals surface area contributed by atoms with Gasteiger partial charge in [-0.25, -0.2) is 0 Å². The van der Waals surface area contributed by atoms with E-state index in [-0.39, 0.29) is 12.0 Å². The molecule has 11 aromatic carbocycles. The first kappa shape index (κ1) is 37.7. The lowest BCUT2D eigenvalue weighted by Crippen LogP contribution is -2.40. The summed E-state index contributed by atoms with van der Waals surface area (Å²) >= 11 is 0. The molecule has 0 bridgehead atoms. The van der Waals surface area contributed by atoms with Crippen LogP contribution >= 0.6 is 0 Å². The number of hydrogen-bond acceptors (Lipinski definition) is 2. The van der Waals surface area contributed by atoms with Crippen molar-refractivity contribution in [2.75, 3.05) is 4.90 Å². The number of anilines is 3. The van der Waals surface area contributed by atoms with Gasteiger partial charge in [-0.05, 0) is 121 Å². The van der Waals surface area contributed by atoms with Gasteiger partial charge in [0.1, 0.15) is 11.9 Å². The maximum absolute atomic E-state index is 7.00. The molecule has 3 heteroatoms. The van der Waals surface area contributed by atoms with Crippen LogP contribution in [0.1, 0.15) is 17.0 Å². The van der Waals surface area contributed by atoms with E-state index >= 15 is 0 Å². The highest BCUT2D eigenvalue weighted by atomic mass is 16.5. The predicted molar refractivity (Wildman–Crippen MR) is 280 cm³/mol. The molecule has 3 nitrogen and oxygen atoms in total. The molecule has 314 valence electrons. The van der Waals surface area contributed by atoms with E-state index in [1.807, 2.05) is 0 Å². The summed E-state index contributed by atoms with van der Waals surface area (Å²) in [6, 6.07) is 86.6. The summed E-state index contributed by atoms with van der Waals surface area (Å²) in [6.45, 7) is 0. The van der Waals surface area contributed by atoms with Crippen LogP contribution in [0.4, 0.5) is 17.1 Å². The van der Waals surface area contributed by atoms with Gasteiger partial charge in [0.25, 0.3) is 0 Å². The van der Waals surface area contributed by atoms with Gasteiger partial charge in [0.05, 0.1) is 22.5 Å². The lowest BCUT2D eigenvalue weighted by atomic mass is 9.78. The number of rotatable bonds is 6. The molecule has 0 N–H and O–H groups in total. The zero-order valence-corrected chi connectivity index (χ0v) is 36.6. The van der Waals surface area contributed by atoms with Crippen LogP contribution in [0.15, 0.2) is 237 Å². The van der Waals surface area contributed by atoms with Gasteiger partial charge < -0.3 is 14.2 Å². The highest BCUT2D eigenvalue weighted by Crippen LogP contribution is 2.49. The van der Waals surface area contributed by atoms with Crippen molar-refractivity contribution >= 4 is 82.7 Å². The third-order valence-corrected chi connectivity index (χ3v) is 14.3. The maximum Gasteiger partial charge on any atom is 0.130 e. The number of benzene rings is 11. The number of ether oxygens (including phenoxy) is 1. The smallest absolute Gasteiger partial charge is 0.130 e. The molecule has 1 aromatic heterocycles. The summed E-state index contributed by atoms with van der Waals surface area (Å²) in [5, 5.41) is 13.5. The highest BCUT2D eigenvalue weighted by Gasteiger charge is 2.40. The van der Waals surface area contributed by atoms with E-state index in [1.165, 1.54) is 81.5 Å². The number of aromatic nitrogens is 1. The summed E-state index contributed by atoms with van der Waals surface area (Å²) < 4.78 is 9.48. The molecule has 1 aliphatic heterocycles. The van der Waals surface area contributed by atoms with Crippen LogP contribution in [-0.4, -0.2) is 10.7 Å². The molecule has 2 aliphatic rings. The maximum atomic E-state index is 7.00. The first-order valence-electron chi connectivity index (χ1n) is 23.2. The summed E-state index contributed by atoms with van der Waals surface area (Å²) in [6.07, 6.45) is 2.20. The van der Waals surface area contributed by atoms with Crippen LogP contribution in [0, 0.1) is 0 Å². The fraction of sp³-hybridized carbons (Fsp3) is 0.0312. The van der Waals surface area contributed by atoms with Crippen molar-refractivity contribution in [2.45, 2.75) is 12.0 Å². The average Bonchev–Trinajstić information content (AvgIpc) is 3.93. The van der Waals surface area contributed by atoms with Gasteiger partial charge in [0.15, 0.2) is 0 Å². The van der Waals surface area contributed by atoms with E-state index in [9.17, 15) is 0 Å². The molecule has 1 aliphatic carbocycles. The van der Waals surface area contributed by atoms with Gasteiger partial charge >= 0.3 is 0 Å². The minimum absolute atomic E-state index is 0.00800. The average molecular weight is 855 g/mol. The second kappa shape index (κ2) is 14.9. The zero-order valence-electron chi connectivity index (χ0n) is 36.6. The molecule has 0 spiro atoms. The first-order valence-corrected chi connectivity index (χ1v) is 23.2. The molecule has 0 fully saturated rings. The molecular weight excluding hydrogens is 813 g/mol. The molecule has 0 saturated carbocycles. The van der Waals surface area contributed by atoms with E-state index in [0.29, 0.717) is 0 Å². The summed E-state index contributed by atoms with van der Waals surface area (Å²) in [5.41, 5.74) is 11.7. The number of para-hydroxylation sites is 2. The SMILES string of the molecule is C1=c2c(c3ccc(N(c4ccc(-c5ccccc5)cc4)c4cc5ccccc5c5ccccc45)cc3n2-c2ccccc2)=C(c2cc3ccccc3c3ccccc23)C2c3ccccc3OC12. The van der Waals surface area contributed by atoms with Crippen molar-refractivity contribution in [1.29, 1.82) is 0 Å². The molecule has 14 rings (SSSR count). The van der Waals surface area contributed by atoms with Crippen molar-refractivity contribution in [3.8, 4) is 22.6 Å². The van der Waals surface area contributed by atoms with Crippen LogP contribution in [-0.2, 0) is 0 Å². The lowest BCUT2D eigenvalue weighted by molar-refractivity contribution is 0.286. The van der Waals surface area contributed by atoms with E-state index < -0.39 is 0 Å². The Kier molecular flexibility index (Phi) is 8.41. The topological polar surface area (TPSA) is 17.4 Å². The monoisotopic (exact) mass is 854 g/mol. The van der Waals surface area contributed by atoms with Crippen LogP contribution in [0.2, 0.25) is 0 Å². The minimum atomic E-state index is -0.194. The number of fused-ring (bicyclic) bond motifs is 12. The number of nitrogens with zero attached hydrogens (tertiary/aromatic N) is 2. The largest absolute Gasteiger partial charge is 0.485 e. The Labute approximate surface area is 388 Å². The number of hydrogen-bond donors (Lipinski definition) is 0. The zero-order chi connectivity index (χ0) is 44.0. The van der Waals surface area contributed by atoms with E-state index in [2.05, 4.69) is 252 Å². The van der Waals surface area contributed by atoms with Gasteiger partial charge in [-0.1, -0.05) is 182 Å². The standard InChI is InChI=1S/C64H42N2O/c1-3-17-41(18-4-1)42-31-33-46(34-32-42)65(57-38-44-20-8-10-24-49(44)51-26-13-14-28-53(51)57)47-35-36-54-58(39-47)66(45-21-5-2-6-22-45)59-40-61-63(55-29-15-16-30-60(55)67-61)64(62(54)59)56-37-43-19-7-9-23-48(43)50-25-11-12-27-52(50)56/h1-40,61,63H. The molecule has 2 atom stereocenters. The molecular formula is C64H42N2O. The molecule has 12 aromatic rings. The van der Waals surface area contributed by atoms with Crippen LogP contribution < -0.4 is 20.2 Å². The Balaban J connectivity index is 1.10. The molecule has 0 saturated heterocycles. The Bertz CT molecular complexity index is 4080. The minimum Gasteiger partial charge on any atom is -0.485 e. The third kappa shape index (κ3) is 5.84. The van der Waals surface area contributed by atoms with Crippen molar-refractivity contribution in [1.82, 2.24) is 4.57 Å². The molecule has 2 unspecified atom stereocenters. The highest BCUT2D eigenvalue weighted by molar-refractivity contribution is 6.15. The molecule has 0 amide bonds. The van der Waals surface area contributed by atoms with Gasteiger partial charge in [-0.2, -0.15) is 0 Å². The van der Waals surface area contributed by atoms with E-state index in [1.54, 1.807) is 0 Å². The van der Waals surface area contributed by atoms with E-state index in [0.717, 1.165) is 39.4 Å². The summed E-state index contributed by atoms with van der Waals surface area (Å²) in [4.78, 5) is 2.46. The van der Waals surface area contributed by atoms with Crippen molar-refractivity contribution in [2.24, 2.45) is 0 Å². The first-order chi connectivity index (χ1) is 33.2. The quantitative estimate of drug-likeness (QED) is 0.155. The Morgan fingerprint density at radius 2 is 0.985 bits per heavy atom. The van der Waals surface area contributed by atoms with E-state index in [4.69, 9.17) is 4.74 Å². The van der Waals surface area contributed by atoms with Gasteiger partial charge in [0, 0.05) is 38.6 Å². The second-order valence-electron chi connectivity index (χ2n) is 17.9. The Hall–Kier alpha value is -8.66. The van der Waals surface area contributed by atoms with Gasteiger partial charge in [-0.3, -0.25) is 0 Å². The van der Waals surface area contributed by atoms with Gasteiger partial charge in [0.2, 0.25) is 0 Å². The summed E-state index contributed by atoms with van der Waals surface area (Å²) in [5.74, 6) is 0.947. The fourth-order valence-electron chi connectivity index (χ4n) is 11.4. The predicted octanol–water partition coefficient (Wildman–Crippen LogP) is 14.9. The molecule has 67 heavy (non-hydrogen) atoms. The van der Waals surface area contributed by atoms with Crippen LogP contribution in [0.25, 0.3) is 82.5 Å². The lowest BCUT2D eigenvalue weighted by Gasteiger charge is -2.28. The Morgan fingerprint density at radius 1 is 0.418 bits per heavy atom. The molecule has 0 radical (unpaired) electrons. The van der Waals surface area contributed by atoms with Crippen molar-refractivity contribution in [3.63, 3.8) is 0 Å². The van der Waals surface area contributed by atoms with Crippen LogP contribution in [0.3, 0.4) is 0 Å². The van der Waals surface area contributed by atoms with Gasteiger partial charge in [-0.15, -0.1) is 0 Å².